The van der Waals surface area contributed by atoms with Crippen molar-refractivity contribution in [3.63, 3.8) is 0 Å². The van der Waals surface area contributed by atoms with E-state index in [4.69, 9.17) is 0 Å². The van der Waals surface area contributed by atoms with Crippen LogP contribution in [0.5, 0.6) is 0 Å². The van der Waals surface area contributed by atoms with Crippen molar-refractivity contribution in [1.29, 1.82) is 0 Å². The minimum absolute atomic E-state index is 1.01. The molecule has 0 heterocycles. The first-order valence-corrected chi connectivity index (χ1v) is 9.51. The Hall–Kier alpha value is -0.260. The zero-order valence-electron chi connectivity index (χ0n) is 14.2. The van der Waals surface area contributed by atoms with Gasteiger partial charge in [-0.05, 0) is 37.5 Å². The molecule has 0 bridgehead atoms. The molecule has 0 radical (unpaired) electrons. The van der Waals surface area contributed by atoms with Gasteiger partial charge < -0.3 is 0 Å². The molecule has 0 saturated carbocycles. The van der Waals surface area contributed by atoms with E-state index < -0.39 is 0 Å². The predicted molar refractivity (Wildman–Crippen MR) is 92.1 cm³/mol. The second-order valence-electron chi connectivity index (χ2n) is 6.93. The average Bonchev–Trinajstić information content (AvgIpc) is 2.47. The summed E-state index contributed by atoms with van der Waals surface area (Å²) in [6.45, 7) is 4.69. The molecule has 20 heavy (non-hydrogen) atoms. The molecule has 1 aliphatic carbocycles. The third-order valence-electron chi connectivity index (χ3n) is 5.02. The maximum atomic E-state index is 2.45. The smallest absolute Gasteiger partial charge is 0.0351 e. The Kier molecular flexibility index (Phi) is 11.1. The predicted octanol–water partition coefficient (Wildman–Crippen LogP) is 7.29. The fraction of sp³-hybridized carbons (Fsp3) is 0.900. The van der Waals surface area contributed by atoms with Gasteiger partial charge in [-0.15, -0.1) is 0 Å². The average molecular weight is 279 g/mol. The van der Waals surface area contributed by atoms with Crippen molar-refractivity contribution >= 4 is 0 Å². The lowest BCUT2D eigenvalue weighted by Gasteiger charge is -2.19. The first kappa shape index (κ1) is 17.8. The van der Waals surface area contributed by atoms with Crippen LogP contribution in [0.1, 0.15) is 104 Å². The van der Waals surface area contributed by atoms with Gasteiger partial charge >= 0.3 is 0 Å². The molecular weight excluding hydrogens is 240 g/mol. The summed E-state index contributed by atoms with van der Waals surface area (Å²) >= 11 is 0. The highest BCUT2D eigenvalue weighted by molar-refractivity contribution is 4.82. The van der Waals surface area contributed by atoms with Gasteiger partial charge in [0.25, 0.3) is 0 Å². The van der Waals surface area contributed by atoms with E-state index in [1.165, 1.54) is 89.9 Å². The van der Waals surface area contributed by atoms with Crippen LogP contribution in [-0.4, -0.2) is 0 Å². The van der Waals surface area contributed by atoms with E-state index in [1.807, 2.05) is 0 Å². The van der Waals surface area contributed by atoms with Crippen LogP contribution in [0.15, 0.2) is 12.2 Å². The molecular formula is C20H38. The van der Waals surface area contributed by atoms with Crippen molar-refractivity contribution in [2.24, 2.45) is 11.8 Å². The Morgan fingerprint density at radius 2 is 1.25 bits per heavy atom. The van der Waals surface area contributed by atoms with Crippen molar-refractivity contribution in [2.45, 2.75) is 104 Å². The standard InChI is InChI=1S/C20H38/c1-3-5-14-20-16-11-9-7-6-8-10-15-19(13-4-2)17-12-18-20/h6-7,19-20H,3-5,8-18H2,1-2H3/b7-6-. The topological polar surface area (TPSA) is 0 Å². The molecule has 0 heteroatoms. The van der Waals surface area contributed by atoms with Crippen LogP contribution in [0.2, 0.25) is 0 Å². The fourth-order valence-electron chi connectivity index (χ4n) is 3.75. The van der Waals surface area contributed by atoms with Gasteiger partial charge in [0.05, 0.1) is 0 Å². The van der Waals surface area contributed by atoms with Gasteiger partial charge in [0.1, 0.15) is 0 Å². The third-order valence-corrected chi connectivity index (χ3v) is 5.02. The molecule has 1 rings (SSSR count). The summed E-state index contributed by atoms with van der Waals surface area (Å²) in [4.78, 5) is 0. The summed E-state index contributed by atoms with van der Waals surface area (Å²) in [6, 6.07) is 0. The maximum Gasteiger partial charge on any atom is -0.0351 e. The van der Waals surface area contributed by atoms with E-state index in [2.05, 4.69) is 26.0 Å². The van der Waals surface area contributed by atoms with Crippen molar-refractivity contribution in [1.82, 2.24) is 0 Å². The Balaban J connectivity index is 2.42. The lowest BCUT2D eigenvalue weighted by molar-refractivity contribution is 0.340. The Morgan fingerprint density at radius 3 is 1.80 bits per heavy atom. The van der Waals surface area contributed by atoms with Gasteiger partial charge in [0, 0.05) is 0 Å². The van der Waals surface area contributed by atoms with Crippen LogP contribution in [0.4, 0.5) is 0 Å². The van der Waals surface area contributed by atoms with E-state index in [1.54, 1.807) is 0 Å². The Labute approximate surface area is 128 Å². The SMILES string of the molecule is CCCCC1CCC/C=C\CCCC(CCC)CCC1. The van der Waals surface area contributed by atoms with Gasteiger partial charge in [-0.3, -0.25) is 0 Å². The lowest BCUT2D eigenvalue weighted by Crippen LogP contribution is -2.04. The molecule has 0 nitrogen and oxygen atoms in total. The Morgan fingerprint density at radius 1 is 0.700 bits per heavy atom. The van der Waals surface area contributed by atoms with E-state index in [0.717, 1.165) is 11.8 Å². The van der Waals surface area contributed by atoms with E-state index in [-0.39, 0.29) is 0 Å². The highest BCUT2D eigenvalue weighted by Gasteiger charge is 2.12. The van der Waals surface area contributed by atoms with Gasteiger partial charge in [0.15, 0.2) is 0 Å². The summed E-state index contributed by atoms with van der Waals surface area (Å²) in [6.07, 6.45) is 24.9. The van der Waals surface area contributed by atoms with Crippen LogP contribution in [0, 0.1) is 11.8 Å². The van der Waals surface area contributed by atoms with Crippen LogP contribution < -0.4 is 0 Å². The normalized spacial score (nSPS) is 28.1. The zero-order valence-corrected chi connectivity index (χ0v) is 14.2. The molecule has 0 aliphatic heterocycles. The quantitative estimate of drug-likeness (QED) is 0.463. The number of hydrogen-bond donors (Lipinski definition) is 0. The number of hydrogen-bond acceptors (Lipinski definition) is 0. The van der Waals surface area contributed by atoms with Crippen LogP contribution in [-0.2, 0) is 0 Å². The minimum Gasteiger partial charge on any atom is -0.0885 e. The monoisotopic (exact) mass is 278 g/mol. The molecule has 0 fully saturated rings. The molecule has 0 aromatic heterocycles. The summed E-state index contributed by atoms with van der Waals surface area (Å²) in [5, 5.41) is 0. The summed E-state index contributed by atoms with van der Waals surface area (Å²) < 4.78 is 0. The molecule has 2 atom stereocenters. The molecule has 2 unspecified atom stereocenters. The van der Waals surface area contributed by atoms with Gasteiger partial charge in [-0.25, -0.2) is 0 Å². The van der Waals surface area contributed by atoms with Gasteiger partial charge in [-0.1, -0.05) is 90.2 Å². The lowest BCUT2D eigenvalue weighted by atomic mass is 9.87. The number of unbranched alkanes of at least 4 members (excludes halogenated alkanes) is 1. The highest BCUT2D eigenvalue weighted by atomic mass is 14.2. The summed E-state index contributed by atoms with van der Waals surface area (Å²) in [7, 11) is 0. The third kappa shape index (κ3) is 8.82. The molecule has 0 saturated heterocycles. The molecule has 0 N–H and O–H groups in total. The van der Waals surface area contributed by atoms with Crippen molar-refractivity contribution in [2.75, 3.05) is 0 Å². The van der Waals surface area contributed by atoms with E-state index in [0.29, 0.717) is 0 Å². The van der Waals surface area contributed by atoms with Crippen molar-refractivity contribution < 1.29 is 0 Å². The van der Waals surface area contributed by atoms with Crippen LogP contribution in [0.3, 0.4) is 0 Å². The number of rotatable bonds is 5. The molecule has 1 aliphatic rings. The van der Waals surface area contributed by atoms with E-state index in [9.17, 15) is 0 Å². The second kappa shape index (κ2) is 12.5. The molecule has 0 aromatic rings. The Bertz CT molecular complexity index is 228. The van der Waals surface area contributed by atoms with Gasteiger partial charge in [0.2, 0.25) is 0 Å². The second-order valence-corrected chi connectivity index (χ2v) is 6.93. The molecule has 118 valence electrons. The zero-order chi connectivity index (χ0) is 14.5. The first-order valence-electron chi connectivity index (χ1n) is 9.51. The van der Waals surface area contributed by atoms with E-state index >= 15 is 0 Å². The molecule has 0 amide bonds. The molecule has 0 aromatic carbocycles. The highest BCUT2D eigenvalue weighted by Crippen LogP contribution is 2.27. The summed E-state index contributed by atoms with van der Waals surface area (Å²) in [5.74, 6) is 2.03. The number of allylic oxidation sites excluding steroid dienone is 2. The first-order chi connectivity index (χ1) is 9.86. The van der Waals surface area contributed by atoms with Crippen LogP contribution in [0.25, 0.3) is 0 Å². The summed E-state index contributed by atoms with van der Waals surface area (Å²) in [5.41, 5.74) is 0. The van der Waals surface area contributed by atoms with Crippen molar-refractivity contribution in [3.05, 3.63) is 12.2 Å². The minimum atomic E-state index is 1.01. The van der Waals surface area contributed by atoms with Gasteiger partial charge in [-0.2, -0.15) is 0 Å². The van der Waals surface area contributed by atoms with Crippen molar-refractivity contribution in [3.8, 4) is 0 Å². The van der Waals surface area contributed by atoms with Crippen LogP contribution >= 0.6 is 0 Å². The largest absolute Gasteiger partial charge is 0.0885 e. The fourth-order valence-corrected chi connectivity index (χ4v) is 3.75. The maximum absolute atomic E-state index is 2.45. The molecule has 0 spiro atoms.